The molecule has 1 N–H and O–H groups in total. The summed E-state index contributed by atoms with van der Waals surface area (Å²) in [5.41, 5.74) is 5.87. The largest absolute Gasteiger partial charge is 0.350 e. The maximum absolute atomic E-state index is 13.4. The predicted octanol–water partition coefficient (Wildman–Crippen LogP) is 5.01. The quantitative estimate of drug-likeness (QED) is 0.646. The molecule has 144 valence electrons. The molecule has 0 radical (unpaired) electrons. The molecule has 0 atom stereocenters. The smallest absolute Gasteiger partial charge is 0.282 e. The Hall–Kier alpha value is -3.66. The molecule has 4 rings (SSSR count). The van der Waals surface area contributed by atoms with Gasteiger partial charge in [0.15, 0.2) is 0 Å². The molecule has 2 amide bonds. The molecule has 3 aromatic rings. The molecule has 1 aliphatic rings. The Kier molecular flexibility index (Phi) is 4.77. The van der Waals surface area contributed by atoms with Crippen LogP contribution in [0.4, 0.5) is 11.4 Å². The second-order valence-corrected chi connectivity index (χ2v) is 7.34. The second kappa shape index (κ2) is 7.40. The number of hydrogen-bond donors (Lipinski definition) is 1. The van der Waals surface area contributed by atoms with Crippen molar-refractivity contribution in [3.05, 3.63) is 101 Å². The molecule has 0 fully saturated rings. The summed E-state index contributed by atoms with van der Waals surface area (Å²) in [7, 11) is 0. The molecule has 29 heavy (non-hydrogen) atoms. The number of anilines is 2. The van der Waals surface area contributed by atoms with Gasteiger partial charge < -0.3 is 5.32 Å². The number of benzene rings is 3. The summed E-state index contributed by atoms with van der Waals surface area (Å²) in [4.78, 5) is 28.1. The number of carbonyl (C=O) groups excluding carboxylic acids is 2. The van der Waals surface area contributed by atoms with Gasteiger partial charge >= 0.3 is 0 Å². The van der Waals surface area contributed by atoms with Crippen LogP contribution < -0.4 is 10.2 Å². The van der Waals surface area contributed by atoms with E-state index in [0.717, 1.165) is 22.4 Å². The maximum Gasteiger partial charge on any atom is 0.282 e. The Bertz CT molecular complexity index is 1130. The van der Waals surface area contributed by atoms with E-state index in [1.165, 1.54) is 4.90 Å². The van der Waals surface area contributed by atoms with Gasteiger partial charge in [0.05, 0.1) is 11.3 Å². The van der Waals surface area contributed by atoms with Crippen LogP contribution in [0.15, 0.2) is 78.5 Å². The number of hydrogen-bond acceptors (Lipinski definition) is 3. The van der Waals surface area contributed by atoms with Gasteiger partial charge in [0.1, 0.15) is 5.70 Å². The van der Waals surface area contributed by atoms with E-state index in [2.05, 4.69) is 5.32 Å². The Balaban J connectivity index is 1.82. The van der Waals surface area contributed by atoms with Gasteiger partial charge in [-0.1, -0.05) is 65.7 Å². The molecule has 0 bridgehead atoms. The van der Waals surface area contributed by atoms with Gasteiger partial charge in [0.2, 0.25) is 0 Å². The van der Waals surface area contributed by atoms with Crippen LogP contribution in [0.5, 0.6) is 0 Å². The number of aryl methyl sites for hydroxylation is 3. The first-order valence-corrected chi connectivity index (χ1v) is 9.55. The van der Waals surface area contributed by atoms with Crippen molar-refractivity contribution in [2.24, 2.45) is 0 Å². The lowest BCUT2D eigenvalue weighted by molar-refractivity contribution is -0.120. The molecular formula is C25H22N2O2. The van der Waals surface area contributed by atoms with E-state index in [1.54, 1.807) is 0 Å². The Morgan fingerprint density at radius 3 is 2.03 bits per heavy atom. The first kappa shape index (κ1) is 18.7. The third-order valence-electron chi connectivity index (χ3n) is 5.06. The molecule has 4 nitrogen and oxygen atoms in total. The van der Waals surface area contributed by atoms with E-state index in [1.807, 2.05) is 93.6 Å². The van der Waals surface area contributed by atoms with Crippen molar-refractivity contribution >= 4 is 28.8 Å². The molecule has 0 saturated heterocycles. The summed E-state index contributed by atoms with van der Waals surface area (Å²) in [5.74, 6) is -0.663. The molecule has 1 aliphatic heterocycles. The minimum Gasteiger partial charge on any atom is -0.350 e. The van der Waals surface area contributed by atoms with E-state index in [0.29, 0.717) is 22.5 Å². The molecule has 0 spiro atoms. The zero-order chi connectivity index (χ0) is 20.5. The summed E-state index contributed by atoms with van der Waals surface area (Å²) in [6.07, 6.45) is 0. The minimum absolute atomic E-state index is 0.296. The molecule has 4 heteroatoms. The van der Waals surface area contributed by atoms with E-state index >= 15 is 0 Å². The fraction of sp³-hybridized carbons (Fsp3) is 0.120. The minimum atomic E-state index is -0.346. The fourth-order valence-electron chi connectivity index (χ4n) is 3.57. The van der Waals surface area contributed by atoms with E-state index < -0.39 is 0 Å². The van der Waals surface area contributed by atoms with Crippen LogP contribution in [0.1, 0.15) is 22.3 Å². The topological polar surface area (TPSA) is 49.4 Å². The lowest BCUT2D eigenvalue weighted by atomic mass is 10.0. The van der Waals surface area contributed by atoms with Crippen LogP contribution in [-0.4, -0.2) is 11.8 Å². The number of amides is 2. The van der Waals surface area contributed by atoms with Gasteiger partial charge in [0.25, 0.3) is 11.8 Å². The van der Waals surface area contributed by atoms with Crippen molar-refractivity contribution < 1.29 is 9.59 Å². The predicted molar refractivity (Wildman–Crippen MR) is 117 cm³/mol. The van der Waals surface area contributed by atoms with Gasteiger partial charge in [0, 0.05) is 5.69 Å². The van der Waals surface area contributed by atoms with Crippen molar-refractivity contribution in [3.8, 4) is 0 Å². The SMILES string of the molecule is Cc1ccc(NC2=C(c3ccccc3)C(=O)N(c3ccc(C)cc3C)C2=O)cc1. The summed E-state index contributed by atoms with van der Waals surface area (Å²) in [6.45, 7) is 5.91. The van der Waals surface area contributed by atoms with Crippen LogP contribution in [-0.2, 0) is 9.59 Å². The zero-order valence-electron chi connectivity index (χ0n) is 16.7. The highest BCUT2D eigenvalue weighted by atomic mass is 16.2. The van der Waals surface area contributed by atoms with Crippen LogP contribution in [0, 0.1) is 20.8 Å². The van der Waals surface area contributed by atoms with Crippen LogP contribution in [0.25, 0.3) is 5.57 Å². The molecule has 0 aliphatic carbocycles. The van der Waals surface area contributed by atoms with Gasteiger partial charge in [-0.05, 0) is 50.1 Å². The van der Waals surface area contributed by atoms with Crippen LogP contribution in [0.3, 0.4) is 0 Å². The Labute approximate surface area is 170 Å². The van der Waals surface area contributed by atoms with Crippen molar-refractivity contribution in [3.63, 3.8) is 0 Å². The standard InChI is InChI=1S/C25H22N2O2/c1-16-9-12-20(13-10-16)26-23-22(19-7-5-4-6-8-19)24(28)27(25(23)29)21-14-11-17(2)15-18(21)3/h4-15,26H,1-3H3. The summed E-state index contributed by atoms with van der Waals surface area (Å²) in [6, 6.07) is 22.8. The van der Waals surface area contributed by atoms with E-state index in [-0.39, 0.29) is 11.8 Å². The summed E-state index contributed by atoms with van der Waals surface area (Å²) in [5, 5.41) is 3.20. The van der Waals surface area contributed by atoms with E-state index in [4.69, 9.17) is 0 Å². The third-order valence-corrected chi connectivity index (χ3v) is 5.06. The second-order valence-electron chi connectivity index (χ2n) is 7.34. The fourth-order valence-corrected chi connectivity index (χ4v) is 3.57. The molecule has 0 aromatic heterocycles. The monoisotopic (exact) mass is 382 g/mol. The molecule has 1 heterocycles. The van der Waals surface area contributed by atoms with Crippen molar-refractivity contribution in [1.82, 2.24) is 0 Å². The average Bonchev–Trinajstić information content (AvgIpc) is 2.94. The highest BCUT2D eigenvalue weighted by molar-refractivity contribution is 6.46. The highest BCUT2D eigenvalue weighted by Gasteiger charge is 2.40. The van der Waals surface area contributed by atoms with E-state index in [9.17, 15) is 9.59 Å². The first-order chi connectivity index (χ1) is 14.0. The molecule has 0 saturated carbocycles. The van der Waals surface area contributed by atoms with Crippen LogP contribution in [0.2, 0.25) is 0 Å². The Morgan fingerprint density at radius 2 is 1.38 bits per heavy atom. The average molecular weight is 382 g/mol. The lowest BCUT2D eigenvalue weighted by Crippen LogP contribution is -2.33. The number of nitrogens with one attached hydrogen (secondary N) is 1. The number of rotatable bonds is 4. The van der Waals surface area contributed by atoms with Crippen molar-refractivity contribution in [1.29, 1.82) is 0 Å². The van der Waals surface area contributed by atoms with Crippen molar-refractivity contribution in [2.75, 3.05) is 10.2 Å². The first-order valence-electron chi connectivity index (χ1n) is 9.55. The summed E-state index contributed by atoms with van der Waals surface area (Å²) < 4.78 is 0. The number of imide groups is 1. The number of nitrogens with zero attached hydrogens (tertiary/aromatic N) is 1. The van der Waals surface area contributed by atoms with Gasteiger partial charge in [-0.3, -0.25) is 9.59 Å². The normalized spacial score (nSPS) is 14.0. The van der Waals surface area contributed by atoms with Gasteiger partial charge in [-0.2, -0.15) is 0 Å². The van der Waals surface area contributed by atoms with Crippen molar-refractivity contribution in [2.45, 2.75) is 20.8 Å². The summed E-state index contributed by atoms with van der Waals surface area (Å²) >= 11 is 0. The molecule has 3 aromatic carbocycles. The van der Waals surface area contributed by atoms with Gasteiger partial charge in [-0.25, -0.2) is 4.90 Å². The van der Waals surface area contributed by atoms with Gasteiger partial charge in [-0.15, -0.1) is 0 Å². The molecule has 0 unspecified atom stereocenters. The Morgan fingerprint density at radius 1 is 0.724 bits per heavy atom. The number of carbonyl (C=O) groups is 2. The highest BCUT2D eigenvalue weighted by Crippen LogP contribution is 2.35. The zero-order valence-corrected chi connectivity index (χ0v) is 16.7. The lowest BCUT2D eigenvalue weighted by Gasteiger charge is -2.18. The molecular weight excluding hydrogens is 360 g/mol. The van der Waals surface area contributed by atoms with Crippen LogP contribution >= 0.6 is 0 Å². The third kappa shape index (κ3) is 3.45. The maximum atomic E-state index is 13.4.